The first-order valence-electron chi connectivity index (χ1n) is 9.93. The average molecular weight is 332 g/mol. The second kappa shape index (κ2) is 5.67. The molecule has 3 heteroatoms. The van der Waals surface area contributed by atoms with Crippen LogP contribution in [-0.4, -0.2) is 28.7 Å². The molecule has 0 aliphatic heterocycles. The van der Waals surface area contributed by atoms with Crippen molar-refractivity contribution < 1.29 is 15.0 Å². The number of hydrogen-bond acceptors (Lipinski definition) is 3. The summed E-state index contributed by atoms with van der Waals surface area (Å²) in [5, 5.41) is 19.4. The molecule has 3 fully saturated rings. The monoisotopic (exact) mass is 332 g/mol. The summed E-state index contributed by atoms with van der Waals surface area (Å²) in [4.78, 5) is 12.3. The molecule has 3 nitrogen and oxygen atoms in total. The first-order chi connectivity index (χ1) is 11.4. The molecule has 0 heterocycles. The Balaban J connectivity index is 1.63. The van der Waals surface area contributed by atoms with E-state index in [-0.39, 0.29) is 35.2 Å². The lowest BCUT2D eigenvalue weighted by atomic mass is 9.46. The topological polar surface area (TPSA) is 57.5 Å². The van der Waals surface area contributed by atoms with Gasteiger partial charge in [-0.3, -0.25) is 4.79 Å². The van der Waals surface area contributed by atoms with Crippen molar-refractivity contribution in [1.29, 1.82) is 0 Å². The van der Waals surface area contributed by atoms with Gasteiger partial charge < -0.3 is 10.2 Å². The fraction of sp³-hybridized carbons (Fsp3) is 0.857. The van der Waals surface area contributed by atoms with Crippen LogP contribution in [0.5, 0.6) is 0 Å². The molecule has 0 aromatic carbocycles. The maximum atomic E-state index is 12.3. The van der Waals surface area contributed by atoms with Gasteiger partial charge in [0.05, 0.1) is 6.10 Å². The molecule has 134 valence electrons. The lowest BCUT2D eigenvalue weighted by molar-refractivity contribution is -0.132. The van der Waals surface area contributed by atoms with Crippen LogP contribution in [0.25, 0.3) is 0 Å². The minimum Gasteiger partial charge on any atom is -0.389 e. The van der Waals surface area contributed by atoms with E-state index >= 15 is 0 Å². The molecule has 0 aromatic heterocycles. The highest BCUT2D eigenvalue weighted by Gasteiger charge is 2.59. The fourth-order valence-corrected chi connectivity index (χ4v) is 7.35. The Morgan fingerprint density at radius 2 is 1.92 bits per heavy atom. The zero-order valence-electron chi connectivity index (χ0n) is 15.1. The molecule has 0 saturated heterocycles. The van der Waals surface area contributed by atoms with Gasteiger partial charge in [-0.2, -0.15) is 0 Å². The van der Waals surface area contributed by atoms with Gasteiger partial charge in [0.15, 0.2) is 5.78 Å². The summed E-state index contributed by atoms with van der Waals surface area (Å²) in [6, 6.07) is 0. The molecule has 24 heavy (non-hydrogen) atoms. The number of carbonyl (C=O) groups is 1. The van der Waals surface area contributed by atoms with E-state index in [1.54, 1.807) is 0 Å². The van der Waals surface area contributed by atoms with Gasteiger partial charge in [-0.05, 0) is 80.0 Å². The van der Waals surface area contributed by atoms with Crippen molar-refractivity contribution in [3.8, 4) is 0 Å². The van der Waals surface area contributed by atoms with E-state index in [0.29, 0.717) is 11.8 Å². The molecule has 0 bridgehead atoms. The number of fused-ring (bicyclic) bond motifs is 5. The molecule has 0 radical (unpaired) electrons. The molecule has 4 rings (SSSR count). The van der Waals surface area contributed by atoms with E-state index in [1.165, 1.54) is 18.4 Å². The van der Waals surface area contributed by atoms with Crippen molar-refractivity contribution in [3.63, 3.8) is 0 Å². The Morgan fingerprint density at radius 3 is 2.67 bits per heavy atom. The Bertz CT molecular complexity index is 567. The minimum absolute atomic E-state index is 0.0712. The number of aliphatic hydroxyl groups is 2. The highest BCUT2D eigenvalue weighted by atomic mass is 16.3. The highest BCUT2D eigenvalue weighted by molar-refractivity contribution is 5.83. The SMILES string of the molecule is C[C@]12CC[C@H]3[C@@H](CCC4=C[C@@H](O)CC[C@@]43C)[C@@H]1CC[C@@H]2C(=O)CO. The lowest BCUT2D eigenvalue weighted by Crippen LogP contribution is -2.51. The minimum atomic E-state index is -0.288. The van der Waals surface area contributed by atoms with Crippen LogP contribution in [-0.2, 0) is 4.79 Å². The van der Waals surface area contributed by atoms with E-state index in [4.69, 9.17) is 0 Å². The molecule has 3 saturated carbocycles. The third-order valence-corrected chi connectivity index (χ3v) is 8.63. The van der Waals surface area contributed by atoms with Crippen LogP contribution >= 0.6 is 0 Å². The van der Waals surface area contributed by atoms with Crippen LogP contribution in [0, 0.1) is 34.5 Å². The van der Waals surface area contributed by atoms with Gasteiger partial charge in [-0.1, -0.05) is 25.5 Å². The molecule has 4 aliphatic rings. The normalized spacial score (nSPS) is 50.5. The number of ketones is 1. The lowest BCUT2D eigenvalue weighted by Gasteiger charge is -2.58. The van der Waals surface area contributed by atoms with Gasteiger partial charge in [-0.25, -0.2) is 0 Å². The summed E-state index contributed by atoms with van der Waals surface area (Å²) in [5.74, 6) is 2.22. The molecular weight excluding hydrogens is 300 g/mol. The third-order valence-electron chi connectivity index (χ3n) is 8.63. The van der Waals surface area contributed by atoms with Crippen molar-refractivity contribution in [3.05, 3.63) is 11.6 Å². The standard InChI is InChI=1S/C21H32O3/c1-20-9-7-14(23)11-13(20)3-4-15-16-5-6-18(19(24)12-22)21(16,2)10-8-17(15)20/h11,14-18,22-23H,3-10,12H2,1-2H3/t14-,15-,16-,17-,18+,20-,21-/m0/s1. The molecule has 0 unspecified atom stereocenters. The van der Waals surface area contributed by atoms with Crippen LogP contribution < -0.4 is 0 Å². The van der Waals surface area contributed by atoms with Crippen LogP contribution in [0.4, 0.5) is 0 Å². The van der Waals surface area contributed by atoms with Crippen LogP contribution in [0.3, 0.4) is 0 Å². The molecule has 2 N–H and O–H groups in total. The smallest absolute Gasteiger partial charge is 0.161 e. The molecule has 0 amide bonds. The second-order valence-electron chi connectivity index (χ2n) is 9.43. The van der Waals surface area contributed by atoms with Crippen molar-refractivity contribution >= 4 is 5.78 Å². The quantitative estimate of drug-likeness (QED) is 0.761. The van der Waals surface area contributed by atoms with E-state index in [1.807, 2.05) is 0 Å². The summed E-state index contributed by atoms with van der Waals surface area (Å²) < 4.78 is 0. The summed E-state index contributed by atoms with van der Waals surface area (Å²) in [5.41, 5.74) is 1.88. The van der Waals surface area contributed by atoms with E-state index in [9.17, 15) is 15.0 Å². The number of Topliss-reactive ketones (excluding diaryl/α,β-unsaturated/α-hetero) is 1. The van der Waals surface area contributed by atoms with Crippen molar-refractivity contribution in [2.75, 3.05) is 6.61 Å². The van der Waals surface area contributed by atoms with Gasteiger partial charge >= 0.3 is 0 Å². The van der Waals surface area contributed by atoms with Gasteiger partial charge in [0.1, 0.15) is 6.61 Å². The Labute approximate surface area is 145 Å². The summed E-state index contributed by atoms with van der Waals surface area (Å²) in [6.45, 7) is 4.48. The maximum Gasteiger partial charge on any atom is 0.161 e. The maximum absolute atomic E-state index is 12.3. The summed E-state index contributed by atoms with van der Waals surface area (Å²) in [7, 11) is 0. The number of rotatable bonds is 2. The van der Waals surface area contributed by atoms with Crippen molar-refractivity contribution in [2.24, 2.45) is 34.5 Å². The van der Waals surface area contributed by atoms with Gasteiger partial charge in [0.25, 0.3) is 0 Å². The van der Waals surface area contributed by atoms with Gasteiger partial charge in [0, 0.05) is 5.92 Å². The largest absolute Gasteiger partial charge is 0.389 e. The number of hydrogen-bond donors (Lipinski definition) is 2. The molecule has 0 aromatic rings. The first kappa shape index (κ1) is 16.8. The van der Waals surface area contributed by atoms with Crippen molar-refractivity contribution in [2.45, 2.75) is 71.3 Å². The Kier molecular flexibility index (Phi) is 3.96. The van der Waals surface area contributed by atoms with Crippen LogP contribution in [0.1, 0.15) is 65.2 Å². The van der Waals surface area contributed by atoms with Crippen LogP contribution in [0.2, 0.25) is 0 Å². The van der Waals surface area contributed by atoms with E-state index in [0.717, 1.165) is 44.4 Å². The number of aliphatic hydroxyl groups excluding tert-OH is 2. The predicted octanol–water partition coefficient (Wildman–Crippen LogP) is 3.49. The summed E-state index contributed by atoms with van der Waals surface area (Å²) in [6.07, 6.45) is 10.7. The van der Waals surface area contributed by atoms with Crippen LogP contribution in [0.15, 0.2) is 11.6 Å². The van der Waals surface area contributed by atoms with E-state index < -0.39 is 0 Å². The second-order valence-corrected chi connectivity index (χ2v) is 9.43. The third kappa shape index (κ3) is 2.20. The molecule has 4 aliphatic carbocycles. The predicted molar refractivity (Wildman–Crippen MR) is 93.3 cm³/mol. The zero-order chi connectivity index (χ0) is 17.1. The Hall–Kier alpha value is -0.670. The van der Waals surface area contributed by atoms with Gasteiger partial charge in [-0.15, -0.1) is 0 Å². The van der Waals surface area contributed by atoms with Gasteiger partial charge in [0.2, 0.25) is 0 Å². The zero-order valence-corrected chi connectivity index (χ0v) is 15.1. The number of allylic oxidation sites excluding steroid dienone is 1. The van der Waals surface area contributed by atoms with Crippen molar-refractivity contribution in [1.82, 2.24) is 0 Å². The fourth-order valence-electron chi connectivity index (χ4n) is 7.35. The molecule has 0 spiro atoms. The Morgan fingerprint density at radius 1 is 1.12 bits per heavy atom. The molecule has 7 atom stereocenters. The number of carbonyl (C=O) groups excluding carboxylic acids is 1. The summed E-state index contributed by atoms with van der Waals surface area (Å²) >= 11 is 0. The van der Waals surface area contributed by atoms with E-state index in [2.05, 4.69) is 19.9 Å². The average Bonchev–Trinajstić information content (AvgIpc) is 2.92. The first-order valence-corrected chi connectivity index (χ1v) is 9.93. The molecular formula is C21H32O3. The highest BCUT2D eigenvalue weighted by Crippen LogP contribution is 2.66.